The number of H-pyrrole nitrogens is 1. The topological polar surface area (TPSA) is 100 Å². The number of carbonyl (C=O) groups excluding carboxylic acids is 1. The Morgan fingerprint density at radius 1 is 1.25 bits per heavy atom. The summed E-state index contributed by atoms with van der Waals surface area (Å²) in [6.45, 7) is -1.42. The predicted octanol–water partition coefficient (Wildman–Crippen LogP) is 1.89. The van der Waals surface area contributed by atoms with Gasteiger partial charge in [-0.3, -0.25) is 9.36 Å². The van der Waals surface area contributed by atoms with E-state index in [-0.39, 0.29) is 28.6 Å². The molecule has 148 valence electrons. The molecule has 28 heavy (non-hydrogen) atoms. The molecule has 3 aromatic rings. The number of carboxylic acids is 1. The van der Waals surface area contributed by atoms with E-state index < -0.39 is 24.3 Å². The third kappa shape index (κ3) is 4.66. The van der Waals surface area contributed by atoms with Crippen molar-refractivity contribution in [3.05, 3.63) is 46.9 Å². The summed E-state index contributed by atoms with van der Waals surface area (Å²) in [6, 6.07) is 7.07. The van der Waals surface area contributed by atoms with Crippen LogP contribution in [0, 0.1) is 0 Å². The van der Waals surface area contributed by atoms with Crippen molar-refractivity contribution in [2.24, 2.45) is 0 Å². The summed E-state index contributed by atoms with van der Waals surface area (Å²) in [5, 5.41) is 10.9. The maximum Gasteiger partial charge on any atom is 0.422 e. The zero-order chi connectivity index (χ0) is 20.3. The second-order valence-electron chi connectivity index (χ2n) is 5.64. The van der Waals surface area contributed by atoms with E-state index in [1.54, 1.807) is 12.3 Å². The number of hydrogen-bond acceptors (Lipinski definition) is 6. The molecule has 11 heteroatoms. The molecule has 3 rings (SSSR count). The fraction of sp³-hybridized carbons (Fsp3) is 0.235. The average Bonchev–Trinajstić information content (AvgIpc) is 3.09. The second kappa shape index (κ2) is 7.97. The van der Waals surface area contributed by atoms with Crippen LogP contribution in [0.3, 0.4) is 0 Å². The number of aromatic nitrogens is 3. The molecular weight excluding hydrogens is 399 g/mol. The van der Waals surface area contributed by atoms with Gasteiger partial charge in [0, 0.05) is 17.9 Å². The van der Waals surface area contributed by atoms with E-state index in [2.05, 4.69) is 14.7 Å². The van der Waals surface area contributed by atoms with Crippen molar-refractivity contribution >= 4 is 28.8 Å². The molecule has 0 unspecified atom stereocenters. The van der Waals surface area contributed by atoms with Crippen LogP contribution in [0.15, 0.2) is 46.5 Å². The summed E-state index contributed by atoms with van der Waals surface area (Å²) in [7, 11) is 0. The Morgan fingerprint density at radius 2 is 1.96 bits per heavy atom. The number of nitrogens with zero attached hydrogens (tertiary/aromatic N) is 2. The molecule has 1 N–H and O–H groups in total. The van der Waals surface area contributed by atoms with Gasteiger partial charge in [-0.05, 0) is 36.8 Å². The Labute approximate surface area is 160 Å². The predicted molar refractivity (Wildman–Crippen MR) is 93.6 cm³/mol. The molecule has 0 saturated heterocycles. The second-order valence-corrected chi connectivity index (χ2v) is 6.70. The summed E-state index contributed by atoms with van der Waals surface area (Å²) < 4.78 is 42.7. The number of rotatable bonds is 7. The van der Waals surface area contributed by atoms with Gasteiger partial charge in [-0.1, -0.05) is 11.8 Å². The lowest BCUT2D eigenvalue weighted by molar-refractivity contribution is -0.305. The molecule has 0 atom stereocenters. The molecule has 1 aromatic carbocycles. The molecule has 0 aliphatic heterocycles. The van der Waals surface area contributed by atoms with Gasteiger partial charge in [-0.25, -0.2) is 4.98 Å². The first-order valence-electron chi connectivity index (χ1n) is 7.97. The molecule has 0 radical (unpaired) electrons. The quantitative estimate of drug-likeness (QED) is 0.470. The summed E-state index contributed by atoms with van der Waals surface area (Å²) >= 11 is 1.06. The van der Waals surface area contributed by atoms with Crippen molar-refractivity contribution in [3.63, 3.8) is 0 Å². The molecule has 0 spiro atoms. The Hall–Kier alpha value is -2.95. The van der Waals surface area contributed by atoms with E-state index in [0.29, 0.717) is 11.2 Å². The number of ether oxygens (including phenoxy) is 1. The lowest BCUT2D eigenvalue weighted by Gasteiger charge is -2.13. The zero-order valence-electron chi connectivity index (χ0n) is 14.2. The molecule has 0 fully saturated rings. The van der Waals surface area contributed by atoms with Crippen LogP contribution in [0.4, 0.5) is 13.2 Å². The maximum atomic E-state index is 12.8. The first kappa shape index (κ1) is 19.8. The number of benzene rings is 1. The third-order valence-electron chi connectivity index (χ3n) is 3.58. The first-order valence-corrected chi connectivity index (χ1v) is 8.96. The largest absolute Gasteiger partial charge is 0.550 e. The smallest absolute Gasteiger partial charge is 0.422 e. The number of fused-ring (bicyclic) bond motifs is 1. The number of aliphatic carboxylic acids is 1. The lowest BCUT2D eigenvalue weighted by Crippen LogP contribution is -2.24. The van der Waals surface area contributed by atoms with E-state index in [0.717, 1.165) is 11.8 Å². The Morgan fingerprint density at radius 3 is 2.61 bits per heavy atom. The first-order chi connectivity index (χ1) is 13.2. The van der Waals surface area contributed by atoms with E-state index in [4.69, 9.17) is 0 Å². The highest BCUT2D eigenvalue weighted by Gasteiger charge is 2.28. The molecular formula is C17H13F3N3O4S-. The van der Waals surface area contributed by atoms with Crippen molar-refractivity contribution in [2.45, 2.75) is 17.8 Å². The van der Waals surface area contributed by atoms with Crippen LogP contribution < -0.4 is 15.4 Å². The minimum absolute atomic E-state index is 0.00538. The number of nitrogens with one attached hydrogen (secondary N) is 1. The SMILES string of the molecule is O=C([O-])CCSc1nc2cc[nH]c2c(=O)n1-c1ccc(OCC(F)(F)F)cc1. The van der Waals surface area contributed by atoms with E-state index in [1.165, 1.54) is 28.8 Å². The number of halogens is 3. The van der Waals surface area contributed by atoms with Crippen LogP contribution in [-0.2, 0) is 4.79 Å². The summed E-state index contributed by atoms with van der Waals surface area (Å²) in [5.41, 5.74) is 0.600. The van der Waals surface area contributed by atoms with Gasteiger partial charge < -0.3 is 19.6 Å². The summed E-state index contributed by atoms with van der Waals surface area (Å²) in [4.78, 5) is 30.6. The molecule has 7 nitrogen and oxygen atoms in total. The van der Waals surface area contributed by atoms with Gasteiger partial charge in [-0.15, -0.1) is 0 Å². The number of carboxylic acid groups (broad SMARTS) is 1. The van der Waals surface area contributed by atoms with Crippen LogP contribution in [0.2, 0.25) is 0 Å². The molecule has 0 saturated carbocycles. The van der Waals surface area contributed by atoms with Gasteiger partial charge >= 0.3 is 6.18 Å². The molecule has 0 aliphatic rings. The van der Waals surface area contributed by atoms with E-state index in [1.807, 2.05) is 0 Å². The molecule has 0 amide bonds. The van der Waals surface area contributed by atoms with Crippen molar-refractivity contribution in [2.75, 3.05) is 12.4 Å². The third-order valence-corrected chi connectivity index (χ3v) is 4.52. The Balaban J connectivity index is 1.94. The Kier molecular flexibility index (Phi) is 5.63. The minimum atomic E-state index is -4.46. The van der Waals surface area contributed by atoms with Crippen LogP contribution in [0.5, 0.6) is 5.75 Å². The van der Waals surface area contributed by atoms with Crippen molar-refractivity contribution in [1.82, 2.24) is 14.5 Å². The van der Waals surface area contributed by atoms with Crippen molar-refractivity contribution in [1.29, 1.82) is 0 Å². The van der Waals surface area contributed by atoms with Crippen LogP contribution in [-0.4, -0.2) is 39.0 Å². The summed E-state index contributed by atoms with van der Waals surface area (Å²) in [6.07, 6.45) is -3.13. The minimum Gasteiger partial charge on any atom is -0.550 e. The van der Waals surface area contributed by atoms with Crippen molar-refractivity contribution < 1.29 is 27.8 Å². The molecule has 0 aliphatic carbocycles. The van der Waals surface area contributed by atoms with Crippen molar-refractivity contribution in [3.8, 4) is 11.4 Å². The molecule has 2 aromatic heterocycles. The monoisotopic (exact) mass is 412 g/mol. The highest BCUT2D eigenvalue weighted by Crippen LogP contribution is 2.24. The fourth-order valence-electron chi connectivity index (χ4n) is 2.38. The lowest BCUT2D eigenvalue weighted by atomic mass is 10.3. The highest BCUT2D eigenvalue weighted by atomic mass is 32.2. The number of aromatic amines is 1. The van der Waals surface area contributed by atoms with Gasteiger partial charge in [-0.2, -0.15) is 13.2 Å². The van der Waals surface area contributed by atoms with Crippen LogP contribution in [0.25, 0.3) is 16.7 Å². The van der Waals surface area contributed by atoms with Gasteiger partial charge in [0.2, 0.25) is 0 Å². The number of thioether (sulfide) groups is 1. The summed E-state index contributed by atoms with van der Waals surface area (Å²) in [5.74, 6) is -1.10. The number of hydrogen-bond donors (Lipinski definition) is 1. The van der Waals surface area contributed by atoms with Gasteiger partial charge in [0.05, 0.1) is 11.2 Å². The van der Waals surface area contributed by atoms with Gasteiger partial charge in [0.15, 0.2) is 11.8 Å². The van der Waals surface area contributed by atoms with Gasteiger partial charge in [0.1, 0.15) is 11.3 Å². The zero-order valence-corrected chi connectivity index (χ0v) is 15.0. The van der Waals surface area contributed by atoms with Gasteiger partial charge in [0.25, 0.3) is 5.56 Å². The number of carbonyl (C=O) groups is 1. The van der Waals surface area contributed by atoms with Crippen LogP contribution >= 0.6 is 11.8 Å². The van der Waals surface area contributed by atoms with E-state index >= 15 is 0 Å². The fourth-order valence-corrected chi connectivity index (χ4v) is 3.32. The maximum absolute atomic E-state index is 12.8. The van der Waals surface area contributed by atoms with E-state index in [9.17, 15) is 27.9 Å². The normalized spacial score (nSPS) is 11.7. The Bertz CT molecular complexity index is 1040. The van der Waals surface area contributed by atoms with Crippen LogP contribution in [0.1, 0.15) is 6.42 Å². The molecule has 2 heterocycles. The number of alkyl halides is 3. The highest BCUT2D eigenvalue weighted by molar-refractivity contribution is 7.99. The standard InChI is InChI=1S/C17H14F3N3O4S/c18-17(19,20)9-27-11-3-1-10(2-4-11)23-15(26)14-12(5-7-21-14)22-16(23)28-8-6-13(24)25/h1-5,7,21H,6,8-9H2,(H,24,25)/p-1. The average molecular weight is 412 g/mol. The molecule has 0 bridgehead atoms.